The number of rotatable bonds is 6. The Balaban J connectivity index is 1.40. The fraction of sp³-hybridized carbons (Fsp3) is 0.182. The Morgan fingerprint density at radius 3 is 2.82 bits per heavy atom. The molecule has 0 aliphatic carbocycles. The van der Waals surface area contributed by atoms with Crippen LogP contribution in [0.5, 0.6) is 0 Å². The van der Waals surface area contributed by atoms with Crippen molar-refractivity contribution in [3.05, 3.63) is 70.6 Å². The van der Waals surface area contributed by atoms with E-state index in [0.717, 1.165) is 32.2 Å². The van der Waals surface area contributed by atoms with Crippen LogP contribution >= 0.6 is 11.3 Å². The van der Waals surface area contributed by atoms with E-state index >= 15 is 0 Å². The summed E-state index contributed by atoms with van der Waals surface area (Å²) in [5.74, 6) is -0.786. The lowest BCUT2D eigenvalue weighted by atomic mass is 10.0. The molecule has 0 saturated heterocycles. The van der Waals surface area contributed by atoms with E-state index in [4.69, 9.17) is 9.15 Å². The number of ether oxygens (including phenoxy) is 1. The number of fused-ring (bicyclic) bond motifs is 3. The van der Waals surface area contributed by atoms with Gasteiger partial charge < -0.3 is 14.5 Å². The smallest absolute Gasteiger partial charge is 0.310 e. The highest BCUT2D eigenvalue weighted by atomic mass is 32.1. The first-order chi connectivity index (χ1) is 13.6. The highest BCUT2D eigenvalue weighted by Crippen LogP contribution is 2.30. The number of esters is 1. The first kappa shape index (κ1) is 18.3. The maximum atomic E-state index is 12.3. The first-order valence-electron chi connectivity index (χ1n) is 8.98. The van der Waals surface area contributed by atoms with Crippen molar-refractivity contribution in [3.63, 3.8) is 0 Å². The quantitative estimate of drug-likeness (QED) is 0.486. The molecule has 4 aromatic rings. The molecule has 1 N–H and O–H groups in total. The topological polar surface area (TPSA) is 68.5 Å². The van der Waals surface area contributed by atoms with Gasteiger partial charge in [0, 0.05) is 15.8 Å². The van der Waals surface area contributed by atoms with Crippen LogP contribution < -0.4 is 5.32 Å². The lowest BCUT2D eigenvalue weighted by Crippen LogP contribution is -2.31. The Bertz CT molecular complexity index is 1130. The first-order valence-corrected chi connectivity index (χ1v) is 9.86. The molecule has 2 aromatic heterocycles. The molecule has 4 rings (SSSR count). The molecule has 5 nitrogen and oxygen atoms in total. The Morgan fingerprint density at radius 2 is 2.00 bits per heavy atom. The van der Waals surface area contributed by atoms with Gasteiger partial charge in [-0.15, -0.1) is 11.3 Å². The average molecular weight is 393 g/mol. The Hall–Kier alpha value is -3.12. The lowest BCUT2D eigenvalue weighted by molar-refractivity contribution is -0.148. The number of furan rings is 1. The zero-order valence-corrected chi connectivity index (χ0v) is 16.1. The van der Waals surface area contributed by atoms with Gasteiger partial charge in [-0.2, -0.15) is 0 Å². The molecule has 6 heteroatoms. The van der Waals surface area contributed by atoms with Gasteiger partial charge in [-0.3, -0.25) is 9.59 Å². The number of thiophene rings is 1. The third-order valence-corrected chi connectivity index (χ3v) is 5.64. The molecule has 1 atom stereocenters. The molecule has 2 heterocycles. The minimum atomic E-state index is -0.463. The molecule has 142 valence electrons. The summed E-state index contributed by atoms with van der Waals surface area (Å²) in [6.45, 7) is 1.60. The largest absolute Gasteiger partial charge is 0.464 e. The predicted molar refractivity (Wildman–Crippen MR) is 109 cm³/mol. The molecule has 0 spiro atoms. The van der Waals surface area contributed by atoms with Crippen molar-refractivity contribution >= 4 is 45.0 Å². The maximum absolute atomic E-state index is 12.3. The van der Waals surface area contributed by atoms with E-state index in [1.807, 2.05) is 60.8 Å². The van der Waals surface area contributed by atoms with E-state index in [2.05, 4.69) is 5.32 Å². The Labute approximate surface area is 165 Å². The molecular weight excluding hydrogens is 374 g/mol. The fourth-order valence-corrected chi connectivity index (χ4v) is 3.98. The molecular formula is C22H19NO4S. The van der Waals surface area contributed by atoms with Crippen LogP contribution in [0.2, 0.25) is 0 Å². The molecule has 0 saturated carbocycles. The molecule has 0 aliphatic heterocycles. The Morgan fingerprint density at radius 1 is 1.14 bits per heavy atom. The molecule has 0 aliphatic rings. The van der Waals surface area contributed by atoms with Crippen LogP contribution in [0.15, 0.2) is 64.6 Å². The molecule has 0 fully saturated rings. The molecule has 0 unspecified atom stereocenters. The minimum absolute atomic E-state index is 0.0504. The molecule has 0 bridgehead atoms. The standard InChI is InChI=1S/C22H19NO4S/c1-14(19-7-4-10-28-19)23-20(24)13-27-21(25)11-16-12-26-18-9-8-15-5-2-3-6-17(15)22(16)18/h2-10,12,14H,11,13H2,1H3,(H,23,24)/t14-/m0/s1. The second-order valence-electron chi connectivity index (χ2n) is 6.56. The third-order valence-electron chi connectivity index (χ3n) is 4.59. The summed E-state index contributed by atoms with van der Waals surface area (Å²) in [4.78, 5) is 25.4. The van der Waals surface area contributed by atoms with Crippen LogP contribution in [0.1, 0.15) is 23.4 Å². The zero-order valence-electron chi connectivity index (χ0n) is 15.3. The van der Waals surface area contributed by atoms with Crippen molar-refractivity contribution in [2.24, 2.45) is 0 Å². The van der Waals surface area contributed by atoms with E-state index in [0.29, 0.717) is 0 Å². The lowest BCUT2D eigenvalue weighted by Gasteiger charge is -2.12. The van der Waals surface area contributed by atoms with Crippen LogP contribution in [0.4, 0.5) is 0 Å². The molecule has 2 aromatic carbocycles. The molecule has 1 amide bonds. The van der Waals surface area contributed by atoms with Gasteiger partial charge >= 0.3 is 5.97 Å². The molecule has 28 heavy (non-hydrogen) atoms. The van der Waals surface area contributed by atoms with Gasteiger partial charge in [0.25, 0.3) is 5.91 Å². The van der Waals surface area contributed by atoms with E-state index in [1.54, 1.807) is 17.6 Å². The van der Waals surface area contributed by atoms with Gasteiger partial charge in [0.15, 0.2) is 6.61 Å². The van der Waals surface area contributed by atoms with E-state index in [9.17, 15) is 9.59 Å². The van der Waals surface area contributed by atoms with Gasteiger partial charge in [0.05, 0.1) is 18.7 Å². The second-order valence-corrected chi connectivity index (χ2v) is 7.54. The summed E-state index contributed by atoms with van der Waals surface area (Å²) in [7, 11) is 0. The summed E-state index contributed by atoms with van der Waals surface area (Å²) < 4.78 is 10.8. The SMILES string of the molecule is C[C@H](NC(=O)COC(=O)Cc1coc2ccc3ccccc3c12)c1cccs1. The summed E-state index contributed by atoms with van der Waals surface area (Å²) in [5.41, 5.74) is 1.48. The predicted octanol–water partition coefficient (Wildman–Crippen LogP) is 4.61. The van der Waals surface area contributed by atoms with Crippen LogP contribution in [0.25, 0.3) is 21.7 Å². The van der Waals surface area contributed by atoms with Crippen molar-refractivity contribution < 1.29 is 18.7 Å². The van der Waals surface area contributed by atoms with Crippen molar-refractivity contribution in [1.29, 1.82) is 0 Å². The fourth-order valence-electron chi connectivity index (χ4n) is 3.25. The number of nitrogens with one attached hydrogen (secondary N) is 1. The van der Waals surface area contributed by atoms with Crippen LogP contribution in [-0.4, -0.2) is 18.5 Å². The van der Waals surface area contributed by atoms with Crippen LogP contribution in [0.3, 0.4) is 0 Å². The van der Waals surface area contributed by atoms with Gasteiger partial charge in [-0.25, -0.2) is 0 Å². The Kier molecular flexibility index (Phi) is 5.12. The number of hydrogen-bond acceptors (Lipinski definition) is 5. The molecule has 0 radical (unpaired) electrons. The number of amides is 1. The zero-order chi connectivity index (χ0) is 19.5. The third kappa shape index (κ3) is 3.77. The van der Waals surface area contributed by atoms with E-state index in [1.165, 1.54) is 0 Å². The summed E-state index contributed by atoms with van der Waals surface area (Å²) in [6, 6.07) is 15.6. The van der Waals surface area contributed by atoms with Crippen molar-refractivity contribution in [2.75, 3.05) is 6.61 Å². The van der Waals surface area contributed by atoms with E-state index < -0.39 is 5.97 Å². The van der Waals surface area contributed by atoms with Gasteiger partial charge in [0.2, 0.25) is 0 Å². The number of carbonyl (C=O) groups excluding carboxylic acids is 2. The summed E-state index contributed by atoms with van der Waals surface area (Å²) in [6.07, 6.45) is 1.63. The summed E-state index contributed by atoms with van der Waals surface area (Å²) in [5, 5.41) is 7.79. The number of carbonyl (C=O) groups is 2. The highest BCUT2D eigenvalue weighted by Gasteiger charge is 2.16. The number of benzene rings is 2. The van der Waals surface area contributed by atoms with Crippen molar-refractivity contribution in [2.45, 2.75) is 19.4 Å². The second kappa shape index (κ2) is 7.86. The van der Waals surface area contributed by atoms with Gasteiger partial charge in [-0.05, 0) is 35.2 Å². The van der Waals surface area contributed by atoms with Gasteiger partial charge in [-0.1, -0.05) is 36.4 Å². The average Bonchev–Trinajstić information content (AvgIpc) is 3.37. The monoisotopic (exact) mass is 393 g/mol. The maximum Gasteiger partial charge on any atom is 0.310 e. The normalized spacial score (nSPS) is 12.2. The van der Waals surface area contributed by atoms with Crippen LogP contribution in [-0.2, 0) is 20.7 Å². The summed E-state index contributed by atoms with van der Waals surface area (Å²) >= 11 is 1.57. The van der Waals surface area contributed by atoms with Gasteiger partial charge in [0.1, 0.15) is 5.58 Å². The van der Waals surface area contributed by atoms with Crippen molar-refractivity contribution in [3.8, 4) is 0 Å². The highest BCUT2D eigenvalue weighted by molar-refractivity contribution is 7.10. The minimum Gasteiger partial charge on any atom is -0.464 e. The number of hydrogen-bond donors (Lipinski definition) is 1. The van der Waals surface area contributed by atoms with E-state index in [-0.39, 0.29) is 25.0 Å². The van der Waals surface area contributed by atoms with Crippen LogP contribution in [0, 0.1) is 0 Å². The van der Waals surface area contributed by atoms with Crippen molar-refractivity contribution in [1.82, 2.24) is 5.32 Å².